The molecule has 0 spiro atoms. The molecular formula is C13H20O. The van der Waals surface area contributed by atoms with Crippen LogP contribution in [0.15, 0.2) is 12.2 Å². The number of aliphatic hydroxyl groups excluding tert-OH is 1. The first-order chi connectivity index (χ1) is 6.77. The highest BCUT2D eigenvalue weighted by Crippen LogP contribution is 2.58. The Balaban J connectivity index is 2.00. The molecule has 0 aromatic carbocycles. The number of hydrogen-bond donors (Lipinski definition) is 1. The summed E-state index contributed by atoms with van der Waals surface area (Å²) >= 11 is 0. The summed E-state index contributed by atoms with van der Waals surface area (Å²) in [6.45, 7) is 2.29. The number of aliphatic hydroxyl groups is 1. The second-order valence-corrected chi connectivity index (χ2v) is 5.51. The van der Waals surface area contributed by atoms with Crippen LogP contribution in [-0.4, -0.2) is 11.2 Å². The minimum absolute atomic E-state index is 0.00236. The van der Waals surface area contributed by atoms with Crippen molar-refractivity contribution in [3.63, 3.8) is 0 Å². The van der Waals surface area contributed by atoms with E-state index in [1.54, 1.807) is 0 Å². The van der Waals surface area contributed by atoms with Gasteiger partial charge in [-0.2, -0.15) is 0 Å². The van der Waals surface area contributed by atoms with Gasteiger partial charge in [-0.15, -0.1) is 0 Å². The summed E-state index contributed by atoms with van der Waals surface area (Å²) in [4.78, 5) is 0. The number of hydrogen-bond acceptors (Lipinski definition) is 1. The van der Waals surface area contributed by atoms with Gasteiger partial charge in [-0.3, -0.25) is 0 Å². The maximum absolute atomic E-state index is 10.3. The molecule has 0 unspecified atom stereocenters. The van der Waals surface area contributed by atoms with Crippen molar-refractivity contribution in [1.82, 2.24) is 0 Å². The van der Waals surface area contributed by atoms with Gasteiger partial charge in [0.2, 0.25) is 0 Å². The summed E-state index contributed by atoms with van der Waals surface area (Å²) in [5, 5.41) is 10.3. The minimum atomic E-state index is -0.00236. The van der Waals surface area contributed by atoms with Gasteiger partial charge in [0.25, 0.3) is 0 Å². The van der Waals surface area contributed by atoms with Crippen LogP contribution >= 0.6 is 0 Å². The Hall–Kier alpha value is -0.300. The first-order valence-electron chi connectivity index (χ1n) is 6.14. The van der Waals surface area contributed by atoms with E-state index in [-0.39, 0.29) is 6.10 Å². The van der Waals surface area contributed by atoms with Crippen LogP contribution in [0.25, 0.3) is 0 Å². The van der Waals surface area contributed by atoms with Crippen LogP contribution < -0.4 is 0 Å². The van der Waals surface area contributed by atoms with Crippen LogP contribution in [0.4, 0.5) is 0 Å². The fourth-order valence-corrected chi connectivity index (χ4v) is 4.29. The van der Waals surface area contributed by atoms with Gasteiger partial charge in [-0.25, -0.2) is 0 Å². The molecule has 1 heteroatoms. The first-order valence-corrected chi connectivity index (χ1v) is 6.14. The molecule has 0 aromatic rings. The van der Waals surface area contributed by atoms with Gasteiger partial charge in [-0.05, 0) is 48.9 Å². The lowest BCUT2D eigenvalue weighted by atomic mass is 9.56. The Morgan fingerprint density at radius 3 is 3.07 bits per heavy atom. The van der Waals surface area contributed by atoms with Crippen molar-refractivity contribution in [3.8, 4) is 0 Å². The molecule has 3 rings (SSSR count). The lowest BCUT2D eigenvalue weighted by Crippen LogP contribution is -2.49. The van der Waals surface area contributed by atoms with Gasteiger partial charge >= 0.3 is 0 Å². The smallest absolute Gasteiger partial charge is 0.0610 e. The second kappa shape index (κ2) is 2.85. The molecule has 0 radical (unpaired) electrons. The van der Waals surface area contributed by atoms with Crippen LogP contribution in [0.5, 0.6) is 0 Å². The third-order valence-electron chi connectivity index (χ3n) is 5.14. The zero-order chi connectivity index (χ0) is 9.76. The molecule has 1 N–H and O–H groups in total. The molecule has 2 fully saturated rings. The van der Waals surface area contributed by atoms with Crippen LogP contribution in [0, 0.1) is 23.2 Å². The van der Waals surface area contributed by atoms with Gasteiger partial charge in [0, 0.05) is 0 Å². The molecule has 2 saturated carbocycles. The Morgan fingerprint density at radius 1 is 1.43 bits per heavy atom. The van der Waals surface area contributed by atoms with Gasteiger partial charge in [0.05, 0.1) is 6.10 Å². The van der Waals surface area contributed by atoms with Crippen molar-refractivity contribution in [3.05, 3.63) is 12.2 Å². The van der Waals surface area contributed by atoms with Gasteiger partial charge in [0.1, 0.15) is 0 Å². The van der Waals surface area contributed by atoms with E-state index in [2.05, 4.69) is 19.1 Å². The summed E-state index contributed by atoms with van der Waals surface area (Å²) < 4.78 is 0. The van der Waals surface area contributed by atoms with Crippen molar-refractivity contribution in [2.24, 2.45) is 23.2 Å². The van der Waals surface area contributed by atoms with E-state index < -0.39 is 0 Å². The zero-order valence-electron chi connectivity index (χ0n) is 8.95. The van der Waals surface area contributed by atoms with Crippen molar-refractivity contribution < 1.29 is 5.11 Å². The standard InChI is InChI=1S/C13H20O/c1-2-13-7-6-9(8-13)10-4-3-5-11(13)12(10)14/h6-7,9-12,14H,2-5,8H2,1H3/t9-,10+,11+,12-,13+/m1/s1. The Morgan fingerprint density at radius 2 is 2.29 bits per heavy atom. The molecule has 0 aliphatic heterocycles. The maximum atomic E-state index is 10.3. The lowest BCUT2D eigenvalue weighted by Gasteiger charge is -2.50. The highest BCUT2D eigenvalue weighted by atomic mass is 16.3. The molecule has 0 aromatic heterocycles. The molecule has 14 heavy (non-hydrogen) atoms. The quantitative estimate of drug-likeness (QED) is 0.633. The molecule has 3 aliphatic carbocycles. The summed E-state index contributed by atoms with van der Waals surface area (Å²) in [5.41, 5.74) is 0.376. The predicted octanol–water partition coefficient (Wildman–Crippen LogP) is 2.75. The van der Waals surface area contributed by atoms with Crippen LogP contribution in [-0.2, 0) is 0 Å². The Bertz CT molecular complexity index is 270. The van der Waals surface area contributed by atoms with Crippen molar-refractivity contribution >= 4 is 0 Å². The lowest BCUT2D eigenvalue weighted by molar-refractivity contribution is -0.0831. The van der Waals surface area contributed by atoms with E-state index in [1.165, 1.54) is 32.1 Å². The summed E-state index contributed by atoms with van der Waals surface area (Å²) in [6, 6.07) is 0. The van der Waals surface area contributed by atoms with Gasteiger partial charge in [0.15, 0.2) is 0 Å². The zero-order valence-corrected chi connectivity index (χ0v) is 8.95. The van der Waals surface area contributed by atoms with Crippen molar-refractivity contribution in [2.75, 3.05) is 0 Å². The number of fused-ring (bicyclic) bond motifs is 6. The monoisotopic (exact) mass is 192 g/mol. The average molecular weight is 192 g/mol. The van der Waals surface area contributed by atoms with Crippen molar-refractivity contribution in [2.45, 2.75) is 45.1 Å². The third kappa shape index (κ3) is 0.942. The number of allylic oxidation sites excluding steroid dienone is 2. The van der Waals surface area contributed by atoms with Crippen LogP contribution in [0.2, 0.25) is 0 Å². The largest absolute Gasteiger partial charge is 0.392 e. The fourth-order valence-electron chi connectivity index (χ4n) is 4.29. The molecule has 3 aliphatic rings. The van der Waals surface area contributed by atoms with Crippen LogP contribution in [0.3, 0.4) is 0 Å². The second-order valence-electron chi connectivity index (χ2n) is 5.51. The maximum Gasteiger partial charge on any atom is 0.0610 e. The molecule has 0 saturated heterocycles. The SMILES string of the molecule is CC[C@]12C=C[C@H](C1)[C@@H]1CCC[C@H]2[C@@H]1O. The van der Waals surface area contributed by atoms with E-state index in [4.69, 9.17) is 0 Å². The fraction of sp³-hybridized carbons (Fsp3) is 0.846. The van der Waals surface area contributed by atoms with E-state index >= 15 is 0 Å². The highest BCUT2D eigenvalue weighted by molar-refractivity contribution is 5.20. The van der Waals surface area contributed by atoms with E-state index in [9.17, 15) is 5.11 Å². The molecule has 0 heterocycles. The Kier molecular flexibility index (Phi) is 1.82. The first kappa shape index (κ1) is 8.96. The molecule has 0 amide bonds. The molecule has 5 atom stereocenters. The predicted molar refractivity (Wildman–Crippen MR) is 56.8 cm³/mol. The van der Waals surface area contributed by atoms with Gasteiger partial charge in [-0.1, -0.05) is 25.5 Å². The highest BCUT2D eigenvalue weighted by Gasteiger charge is 2.53. The van der Waals surface area contributed by atoms with E-state index in [0.717, 1.165) is 0 Å². The Labute approximate surface area is 86.2 Å². The summed E-state index contributed by atoms with van der Waals surface area (Å²) in [5.74, 6) is 1.86. The average Bonchev–Trinajstić information content (AvgIpc) is 2.59. The van der Waals surface area contributed by atoms with E-state index in [1.807, 2.05) is 0 Å². The molecule has 4 bridgehead atoms. The third-order valence-corrected chi connectivity index (χ3v) is 5.14. The van der Waals surface area contributed by atoms with E-state index in [0.29, 0.717) is 23.2 Å². The molecule has 78 valence electrons. The van der Waals surface area contributed by atoms with Gasteiger partial charge < -0.3 is 5.11 Å². The molecule has 1 nitrogen and oxygen atoms in total. The minimum Gasteiger partial charge on any atom is -0.392 e. The topological polar surface area (TPSA) is 20.2 Å². The van der Waals surface area contributed by atoms with Crippen LogP contribution in [0.1, 0.15) is 39.0 Å². The van der Waals surface area contributed by atoms with Crippen molar-refractivity contribution in [1.29, 1.82) is 0 Å². The summed E-state index contributed by atoms with van der Waals surface area (Å²) in [7, 11) is 0. The molecular weight excluding hydrogens is 172 g/mol. The normalized spacial score (nSPS) is 55.0. The summed E-state index contributed by atoms with van der Waals surface area (Å²) in [6.07, 6.45) is 11.2. The number of rotatable bonds is 1.